The van der Waals surface area contributed by atoms with Crippen LogP contribution in [0, 0.1) is 0 Å². The summed E-state index contributed by atoms with van der Waals surface area (Å²) < 4.78 is 0. The lowest BCUT2D eigenvalue weighted by atomic mass is 10.1. The monoisotopic (exact) mass is 318 g/mol. The Morgan fingerprint density at radius 1 is 1.00 bits per heavy atom. The number of hydrogen-bond acceptors (Lipinski definition) is 2. The van der Waals surface area contributed by atoms with Gasteiger partial charge in [0.25, 0.3) is 0 Å². The molecule has 4 heteroatoms. The highest BCUT2D eigenvalue weighted by atomic mass is 35.5. The van der Waals surface area contributed by atoms with Crippen molar-refractivity contribution in [3.8, 4) is 0 Å². The lowest BCUT2D eigenvalue weighted by Crippen LogP contribution is -2.07. The van der Waals surface area contributed by atoms with Gasteiger partial charge in [-0.1, -0.05) is 56.5 Å². The van der Waals surface area contributed by atoms with Gasteiger partial charge in [-0.25, -0.2) is 0 Å². The smallest absolute Gasteiger partial charge is 0.0421 e. The first-order valence-electron chi connectivity index (χ1n) is 7.17. The van der Waals surface area contributed by atoms with Crippen LogP contribution in [0.25, 0.3) is 0 Å². The van der Waals surface area contributed by atoms with Crippen molar-refractivity contribution in [1.82, 2.24) is 0 Å². The molecule has 0 saturated heterocycles. The summed E-state index contributed by atoms with van der Waals surface area (Å²) in [5.41, 5.74) is 8.07. The molecule has 0 bridgehead atoms. The molecule has 2 nitrogen and oxygen atoms in total. The number of benzene rings is 1. The van der Waals surface area contributed by atoms with Gasteiger partial charge in [-0.3, -0.25) is 4.99 Å². The number of halogens is 2. The Balaban J connectivity index is 0. The van der Waals surface area contributed by atoms with Crippen LogP contribution in [-0.2, 0) is 0 Å². The molecule has 1 aromatic rings. The molecular weight excluding hydrogens is 291 g/mol. The van der Waals surface area contributed by atoms with Crippen molar-refractivity contribution in [2.45, 2.75) is 45.4 Å². The van der Waals surface area contributed by atoms with E-state index in [1.165, 1.54) is 37.0 Å². The maximum absolute atomic E-state index is 5.59. The molecule has 0 aliphatic heterocycles. The molecule has 0 aliphatic rings. The number of aliphatic imine (C=N–C) groups is 1. The highest BCUT2D eigenvalue weighted by Crippen LogP contribution is 2.08. The van der Waals surface area contributed by atoms with Crippen molar-refractivity contribution in [3.05, 3.63) is 35.9 Å². The summed E-state index contributed by atoms with van der Waals surface area (Å²) >= 11 is 0. The predicted octanol–water partition coefficient (Wildman–Crippen LogP) is 4.64. The van der Waals surface area contributed by atoms with Gasteiger partial charge in [0, 0.05) is 12.3 Å². The van der Waals surface area contributed by atoms with Gasteiger partial charge in [0.1, 0.15) is 0 Å². The van der Waals surface area contributed by atoms with E-state index in [-0.39, 0.29) is 24.8 Å². The standard InChI is InChI=1S/C16H26N2.2ClH/c1-2-3-4-8-14-18-16(12-9-13-17)15-10-6-5-7-11-15;;/h5-7,10-11H,2-4,8-9,12-14,17H2,1H3;2*1H. The minimum absolute atomic E-state index is 0. The van der Waals surface area contributed by atoms with E-state index in [1.54, 1.807) is 0 Å². The van der Waals surface area contributed by atoms with Crippen LogP contribution in [0.5, 0.6) is 0 Å². The van der Waals surface area contributed by atoms with Crippen molar-refractivity contribution in [2.75, 3.05) is 13.1 Å². The molecule has 20 heavy (non-hydrogen) atoms. The summed E-state index contributed by atoms with van der Waals surface area (Å²) in [5, 5.41) is 0. The summed E-state index contributed by atoms with van der Waals surface area (Å²) in [7, 11) is 0. The summed E-state index contributed by atoms with van der Waals surface area (Å²) in [4.78, 5) is 4.76. The number of unbranched alkanes of at least 4 members (excludes halogenated alkanes) is 3. The first-order valence-corrected chi connectivity index (χ1v) is 7.17. The Bertz CT molecular complexity index is 340. The van der Waals surface area contributed by atoms with Crippen LogP contribution in [-0.4, -0.2) is 18.8 Å². The minimum Gasteiger partial charge on any atom is -0.330 e. The van der Waals surface area contributed by atoms with E-state index >= 15 is 0 Å². The van der Waals surface area contributed by atoms with E-state index in [0.29, 0.717) is 0 Å². The Kier molecular flexibility index (Phi) is 16.1. The fourth-order valence-corrected chi connectivity index (χ4v) is 1.97. The third-order valence-corrected chi connectivity index (χ3v) is 3.04. The van der Waals surface area contributed by atoms with Crippen molar-refractivity contribution in [2.24, 2.45) is 10.7 Å². The fraction of sp³-hybridized carbons (Fsp3) is 0.562. The van der Waals surface area contributed by atoms with E-state index in [0.717, 1.165) is 25.9 Å². The van der Waals surface area contributed by atoms with Gasteiger partial charge in [0.2, 0.25) is 0 Å². The second kappa shape index (κ2) is 14.8. The van der Waals surface area contributed by atoms with Crippen molar-refractivity contribution in [3.63, 3.8) is 0 Å². The molecule has 0 heterocycles. The van der Waals surface area contributed by atoms with Crippen LogP contribution in [0.2, 0.25) is 0 Å². The predicted molar refractivity (Wildman–Crippen MR) is 94.8 cm³/mol. The van der Waals surface area contributed by atoms with Crippen molar-refractivity contribution < 1.29 is 0 Å². The zero-order chi connectivity index (χ0) is 13.1. The Labute approximate surface area is 136 Å². The van der Waals surface area contributed by atoms with Crippen LogP contribution in [0.4, 0.5) is 0 Å². The molecule has 0 aliphatic carbocycles. The quantitative estimate of drug-likeness (QED) is 0.523. The summed E-state index contributed by atoms with van der Waals surface area (Å²) in [6, 6.07) is 10.5. The van der Waals surface area contributed by atoms with Crippen LogP contribution in [0.15, 0.2) is 35.3 Å². The molecule has 1 aromatic carbocycles. The van der Waals surface area contributed by atoms with Gasteiger partial charge < -0.3 is 5.73 Å². The van der Waals surface area contributed by atoms with Gasteiger partial charge in [-0.05, 0) is 31.4 Å². The topological polar surface area (TPSA) is 38.4 Å². The SMILES string of the molecule is CCCCCCN=C(CCCN)c1ccccc1.Cl.Cl. The van der Waals surface area contributed by atoms with Gasteiger partial charge in [-0.2, -0.15) is 0 Å². The fourth-order valence-electron chi connectivity index (χ4n) is 1.97. The maximum Gasteiger partial charge on any atom is 0.0421 e. The maximum atomic E-state index is 5.59. The van der Waals surface area contributed by atoms with Gasteiger partial charge in [-0.15, -0.1) is 24.8 Å². The summed E-state index contributed by atoms with van der Waals surface area (Å²) in [5.74, 6) is 0. The third kappa shape index (κ3) is 9.35. The number of rotatable bonds is 9. The van der Waals surface area contributed by atoms with Gasteiger partial charge in [0.05, 0.1) is 0 Å². The van der Waals surface area contributed by atoms with E-state index in [1.807, 2.05) is 6.07 Å². The molecule has 0 spiro atoms. The van der Waals surface area contributed by atoms with Crippen LogP contribution in [0.3, 0.4) is 0 Å². The average Bonchev–Trinajstić information content (AvgIpc) is 2.43. The summed E-state index contributed by atoms with van der Waals surface area (Å²) in [6.45, 7) is 3.93. The highest BCUT2D eigenvalue weighted by molar-refractivity contribution is 6.00. The zero-order valence-electron chi connectivity index (χ0n) is 12.4. The molecule has 116 valence electrons. The van der Waals surface area contributed by atoms with E-state index in [9.17, 15) is 0 Å². The van der Waals surface area contributed by atoms with Crippen LogP contribution in [0.1, 0.15) is 51.0 Å². The zero-order valence-corrected chi connectivity index (χ0v) is 14.0. The van der Waals surface area contributed by atoms with Gasteiger partial charge >= 0.3 is 0 Å². The molecule has 0 saturated carbocycles. The van der Waals surface area contributed by atoms with Crippen LogP contribution >= 0.6 is 24.8 Å². The first kappa shape index (κ1) is 21.7. The molecular formula is C16H28Cl2N2. The normalized spacial score (nSPS) is 10.6. The second-order valence-electron chi connectivity index (χ2n) is 4.65. The summed E-state index contributed by atoms with van der Waals surface area (Å²) in [6.07, 6.45) is 7.10. The first-order chi connectivity index (χ1) is 8.88. The van der Waals surface area contributed by atoms with Crippen molar-refractivity contribution in [1.29, 1.82) is 0 Å². The molecule has 0 fully saturated rings. The molecule has 1 rings (SSSR count). The molecule has 0 unspecified atom stereocenters. The number of hydrogen-bond donors (Lipinski definition) is 1. The Morgan fingerprint density at radius 2 is 1.70 bits per heavy atom. The Hall–Kier alpha value is -0.570. The van der Waals surface area contributed by atoms with Crippen LogP contribution < -0.4 is 5.73 Å². The van der Waals surface area contributed by atoms with Crippen molar-refractivity contribution >= 4 is 30.5 Å². The van der Waals surface area contributed by atoms with E-state index < -0.39 is 0 Å². The Morgan fingerprint density at radius 3 is 2.30 bits per heavy atom. The highest BCUT2D eigenvalue weighted by Gasteiger charge is 2.01. The van der Waals surface area contributed by atoms with E-state index in [4.69, 9.17) is 10.7 Å². The lowest BCUT2D eigenvalue weighted by Gasteiger charge is -2.06. The second-order valence-corrected chi connectivity index (χ2v) is 4.65. The average molecular weight is 319 g/mol. The molecule has 0 atom stereocenters. The largest absolute Gasteiger partial charge is 0.330 e. The number of nitrogens with zero attached hydrogens (tertiary/aromatic N) is 1. The molecule has 0 aromatic heterocycles. The number of nitrogens with two attached hydrogens (primary N) is 1. The molecule has 0 amide bonds. The third-order valence-electron chi connectivity index (χ3n) is 3.04. The van der Waals surface area contributed by atoms with Gasteiger partial charge in [0.15, 0.2) is 0 Å². The minimum atomic E-state index is 0. The lowest BCUT2D eigenvalue weighted by molar-refractivity contribution is 0.674. The molecule has 0 radical (unpaired) electrons. The van der Waals surface area contributed by atoms with E-state index in [2.05, 4.69) is 31.2 Å². The molecule has 2 N–H and O–H groups in total.